The normalized spacial score (nSPS) is 17.2. The van der Waals surface area contributed by atoms with Gasteiger partial charge in [0.05, 0.1) is 11.7 Å². The maximum atomic E-state index is 13.5. The number of hydrogen-bond donors (Lipinski definition) is 0. The number of aromatic nitrogens is 2. The summed E-state index contributed by atoms with van der Waals surface area (Å²) in [6, 6.07) is 18.4. The maximum Gasteiger partial charge on any atom is 0.279 e. The third kappa shape index (κ3) is 4.01. The highest BCUT2D eigenvalue weighted by molar-refractivity contribution is 6.30. The molecule has 154 valence electrons. The maximum absolute atomic E-state index is 13.5. The van der Waals surface area contributed by atoms with Crippen molar-refractivity contribution >= 4 is 17.5 Å². The molecule has 0 aliphatic carbocycles. The lowest BCUT2D eigenvalue weighted by molar-refractivity contribution is 0.0489. The molecule has 7 heteroatoms. The number of carbonyl (C=O) groups excluding carboxylic acids is 1. The Hall–Kier alpha value is -2.96. The highest BCUT2D eigenvalue weighted by Crippen LogP contribution is 2.26. The Labute approximate surface area is 180 Å². The Morgan fingerprint density at radius 1 is 1.07 bits per heavy atom. The Kier molecular flexibility index (Phi) is 5.70. The lowest BCUT2D eigenvalue weighted by Crippen LogP contribution is -2.50. The lowest BCUT2D eigenvalue weighted by atomic mass is 10.0. The van der Waals surface area contributed by atoms with Crippen LogP contribution in [0.3, 0.4) is 0 Å². The van der Waals surface area contributed by atoms with Crippen LogP contribution in [0.5, 0.6) is 0 Å². The summed E-state index contributed by atoms with van der Waals surface area (Å²) in [6.45, 7) is 3.77. The number of hydrogen-bond acceptors (Lipinski definition) is 4. The van der Waals surface area contributed by atoms with Gasteiger partial charge in [-0.25, -0.2) is 4.68 Å². The number of aryl methyl sites for hydroxylation is 1. The second-order valence-electron chi connectivity index (χ2n) is 7.57. The Morgan fingerprint density at radius 3 is 2.47 bits per heavy atom. The molecule has 0 saturated carbocycles. The van der Waals surface area contributed by atoms with Crippen LogP contribution in [-0.2, 0) is 0 Å². The summed E-state index contributed by atoms with van der Waals surface area (Å²) in [6.07, 6.45) is 0. The van der Waals surface area contributed by atoms with Crippen molar-refractivity contribution < 1.29 is 4.79 Å². The number of rotatable bonds is 3. The van der Waals surface area contributed by atoms with E-state index in [0.717, 1.165) is 17.8 Å². The van der Waals surface area contributed by atoms with Gasteiger partial charge in [-0.3, -0.25) is 9.59 Å². The molecule has 30 heavy (non-hydrogen) atoms. The fourth-order valence-electron chi connectivity index (χ4n) is 3.80. The lowest BCUT2D eigenvalue weighted by Gasteiger charge is -2.40. The summed E-state index contributed by atoms with van der Waals surface area (Å²) in [4.78, 5) is 30.1. The number of carbonyl (C=O) groups is 1. The molecule has 0 spiro atoms. The van der Waals surface area contributed by atoms with Gasteiger partial charge in [0.2, 0.25) is 5.43 Å². The first-order valence-electron chi connectivity index (χ1n) is 9.85. The van der Waals surface area contributed by atoms with Crippen LogP contribution in [0.4, 0.5) is 0 Å². The van der Waals surface area contributed by atoms with E-state index in [9.17, 15) is 9.59 Å². The molecule has 0 unspecified atom stereocenters. The number of amides is 1. The zero-order chi connectivity index (χ0) is 21.3. The van der Waals surface area contributed by atoms with Gasteiger partial charge in [0.1, 0.15) is 0 Å². The van der Waals surface area contributed by atoms with E-state index in [1.807, 2.05) is 49.5 Å². The van der Waals surface area contributed by atoms with Crippen molar-refractivity contribution in [3.8, 4) is 5.69 Å². The summed E-state index contributed by atoms with van der Waals surface area (Å²) >= 11 is 5.99. The SMILES string of the molecule is Cc1cc(=O)c(C(=O)N2CCN(C)C[C@@H]2c2ccccc2)nn1-c1ccc(Cl)cc1. The third-order valence-electron chi connectivity index (χ3n) is 5.41. The quantitative estimate of drug-likeness (QED) is 0.649. The minimum absolute atomic E-state index is 0.0685. The van der Waals surface area contributed by atoms with Crippen LogP contribution in [0.1, 0.15) is 27.8 Å². The zero-order valence-corrected chi connectivity index (χ0v) is 17.7. The van der Waals surface area contributed by atoms with E-state index in [1.165, 1.54) is 6.07 Å². The predicted octanol–water partition coefficient (Wildman–Crippen LogP) is 3.32. The van der Waals surface area contributed by atoms with Crippen molar-refractivity contribution in [1.29, 1.82) is 0 Å². The second kappa shape index (κ2) is 8.42. The Bertz CT molecular complexity index is 1110. The first kappa shape index (κ1) is 20.3. The Morgan fingerprint density at radius 2 is 1.77 bits per heavy atom. The van der Waals surface area contributed by atoms with Gasteiger partial charge >= 0.3 is 0 Å². The first-order valence-corrected chi connectivity index (χ1v) is 10.2. The smallest absolute Gasteiger partial charge is 0.279 e. The summed E-state index contributed by atoms with van der Waals surface area (Å²) in [5.74, 6) is -0.343. The van der Waals surface area contributed by atoms with Crippen molar-refractivity contribution in [2.45, 2.75) is 13.0 Å². The largest absolute Gasteiger partial charge is 0.328 e. The minimum atomic E-state index is -0.367. The van der Waals surface area contributed by atoms with Gasteiger partial charge in [-0.15, -0.1) is 0 Å². The van der Waals surface area contributed by atoms with Gasteiger partial charge in [-0.1, -0.05) is 41.9 Å². The van der Waals surface area contributed by atoms with Crippen LogP contribution in [-0.4, -0.2) is 52.2 Å². The van der Waals surface area contributed by atoms with E-state index in [-0.39, 0.29) is 23.1 Å². The van der Waals surface area contributed by atoms with Crippen LogP contribution < -0.4 is 5.43 Å². The Balaban J connectivity index is 1.74. The highest BCUT2D eigenvalue weighted by atomic mass is 35.5. The van der Waals surface area contributed by atoms with E-state index in [0.29, 0.717) is 23.8 Å². The monoisotopic (exact) mass is 422 g/mol. The zero-order valence-electron chi connectivity index (χ0n) is 17.0. The topological polar surface area (TPSA) is 58.4 Å². The van der Waals surface area contributed by atoms with Gasteiger partial charge in [0, 0.05) is 36.4 Å². The van der Waals surface area contributed by atoms with Gasteiger partial charge in [0.15, 0.2) is 5.69 Å². The predicted molar refractivity (Wildman–Crippen MR) is 117 cm³/mol. The molecule has 2 heterocycles. The molecule has 1 fully saturated rings. The molecule has 2 aromatic carbocycles. The van der Waals surface area contributed by atoms with Crippen LogP contribution in [0.15, 0.2) is 65.5 Å². The summed E-state index contributed by atoms with van der Waals surface area (Å²) < 4.78 is 1.61. The number of halogens is 1. The number of benzene rings is 2. The molecule has 1 aromatic heterocycles. The number of piperazine rings is 1. The van der Waals surface area contributed by atoms with Crippen LogP contribution >= 0.6 is 11.6 Å². The van der Waals surface area contributed by atoms with E-state index >= 15 is 0 Å². The van der Waals surface area contributed by atoms with Crippen molar-refractivity contribution in [2.75, 3.05) is 26.7 Å². The average Bonchev–Trinajstić information content (AvgIpc) is 2.75. The molecule has 1 atom stereocenters. The van der Waals surface area contributed by atoms with Crippen molar-refractivity contribution in [2.24, 2.45) is 0 Å². The van der Waals surface area contributed by atoms with Crippen molar-refractivity contribution in [3.63, 3.8) is 0 Å². The fourth-order valence-corrected chi connectivity index (χ4v) is 3.92. The molecule has 6 nitrogen and oxygen atoms in total. The number of likely N-dealkylation sites (N-methyl/N-ethyl adjacent to an activating group) is 1. The van der Waals surface area contributed by atoms with E-state index in [1.54, 1.807) is 28.6 Å². The van der Waals surface area contributed by atoms with Gasteiger partial charge in [0.25, 0.3) is 5.91 Å². The molecule has 1 amide bonds. The van der Waals surface area contributed by atoms with Crippen LogP contribution in [0.25, 0.3) is 5.69 Å². The fraction of sp³-hybridized carbons (Fsp3) is 0.261. The molecule has 0 bridgehead atoms. The molecule has 3 aromatic rings. The molecular weight excluding hydrogens is 400 g/mol. The molecule has 4 rings (SSSR count). The molecule has 1 saturated heterocycles. The van der Waals surface area contributed by atoms with Crippen LogP contribution in [0.2, 0.25) is 5.02 Å². The molecule has 1 aliphatic heterocycles. The van der Waals surface area contributed by atoms with Gasteiger partial charge < -0.3 is 9.80 Å². The molecule has 0 radical (unpaired) electrons. The molecule has 0 N–H and O–H groups in total. The summed E-state index contributed by atoms with van der Waals surface area (Å²) in [5.41, 5.74) is 2.00. The van der Waals surface area contributed by atoms with Crippen molar-refractivity contribution in [3.05, 3.63) is 92.9 Å². The minimum Gasteiger partial charge on any atom is -0.328 e. The van der Waals surface area contributed by atoms with Gasteiger partial charge in [-0.2, -0.15) is 5.10 Å². The molecule has 1 aliphatic rings. The summed E-state index contributed by atoms with van der Waals surface area (Å²) in [7, 11) is 2.04. The van der Waals surface area contributed by atoms with Crippen molar-refractivity contribution in [1.82, 2.24) is 19.6 Å². The van der Waals surface area contributed by atoms with Gasteiger partial charge in [-0.05, 0) is 43.8 Å². The van der Waals surface area contributed by atoms with E-state index < -0.39 is 0 Å². The third-order valence-corrected chi connectivity index (χ3v) is 5.66. The first-order chi connectivity index (χ1) is 14.4. The second-order valence-corrected chi connectivity index (χ2v) is 8.01. The van der Waals surface area contributed by atoms with E-state index in [2.05, 4.69) is 10.00 Å². The highest BCUT2D eigenvalue weighted by Gasteiger charge is 2.32. The number of nitrogens with zero attached hydrogens (tertiary/aromatic N) is 4. The molecular formula is C23H23ClN4O2. The van der Waals surface area contributed by atoms with Crippen LogP contribution in [0, 0.1) is 6.92 Å². The standard InChI is InChI=1S/C23H23ClN4O2/c1-16-14-21(29)22(25-28(16)19-10-8-18(24)9-11-19)23(30)27-13-12-26(2)15-20(27)17-6-4-3-5-7-17/h3-11,14,20H,12-13,15H2,1-2H3/t20-/m1/s1. The van der Waals surface area contributed by atoms with E-state index in [4.69, 9.17) is 11.6 Å². The average molecular weight is 423 g/mol. The summed E-state index contributed by atoms with van der Waals surface area (Å²) in [5, 5.41) is 5.06.